The number of hydrogen-bond donors (Lipinski definition) is 2. The van der Waals surface area contributed by atoms with Crippen LogP contribution in [0, 0.1) is 18.7 Å². The molecule has 0 spiro atoms. The van der Waals surface area contributed by atoms with E-state index < -0.39 is 32.9 Å². The number of methoxy groups -OCH3 is 1. The average molecular weight is 380 g/mol. The van der Waals surface area contributed by atoms with Crippen LogP contribution < -0.4 is 9.46 Å². The molecule has 1 saturated carbocycles. The molecular formula is C18H21FN2O4S. The maximum Gasteiger partial charge on any atom is 0.244 e. The molecular weight excluding hydrogens is 359 g/mol. The van der Waals surface area contributed by atoms with E-state index in [2.05, 4.69) is 9.71 Å². The highest BCUT2D eigenvalue weighted by atomic mass is 32.2. The Balaban J connectivity index is 1.91. The van der Waals surface area contributed by atoms with Crippen molar-refractivity contribution in [3.63, 3.8) is 0 Å². The van der Waals surface area contributed by atoms with Gasteiger partial charge in [-0.1, -0.05) is 12.1 Å². The molecule has 140 valence electrons. The number of hydrogen-bond acceptors (Lipinski definition) is 5. The van der Waals surface area contributed by atoms with Crippen LogP contribution in [0.4, 0.5) is 4.39 Å². The molecule has 1 atom stereocenters. The van der Waals surface area contributed by atoms with Crippen LogP contribution in [0.25, 0.3) is 0 Å². The third-order valence-corrected chi connectivity index (χ3v) is 6.08. The Morgan fingerprint density at radius 3 is 2.58 bits per heavy atom. The molecule has 8 heteroatoms. The summed E-state index contributed by atoms with van der Waals surface area (Å²) in [5.74, 6) is -0.477. The van der Waals surface area contributed by atoms with Crippen molar-refractivity contribution in [2.24, 2.45) is 5.92 Å². The Kier molecular flexibility index (Phi) is 5.27. The van der Waals surface area contributed by atoms with Gasteiger partial charge >= 0.3 is 0 Å². The van der Waals surface area contributed by atoms with Crippen LogP contribution >= 0.6 is 0 Å². The van der Waals surface area contributed by atoms with Crippen molar-refractivity contribution < 1.29 is 22.7 Å². The van der Waals surface area contributed by atoms with Crippen molar-refractivity contribution in [1.29, 1.82) is 0 Å². The van der Waals surface area contributed by atoms with E-state index >= 15 is 0 Å². The quantitative estimate of drug-likeness (QED) is 0.803. The molecule has 2 N–H and O–H groups in total. The van der Waals surface area contributed by atoms with E-state index in [9.17, 15) is 17.9 Å². The van der Waals surface area contributed by atoms with Gasteiger partial charge < -0.3 is 9.84 Å². The Labute approximate surface area is 152 Å². The standard InChI is InChI=1S/C18H21FN2O4S/c1-11-3-5-16(15(19)7-11)26(23,24)21-18(13-8-14(22)9-13)12-4-6-17(25-2)20-10-12/h3-7,10,13-14,18,21-22H,8-9H2,1-2H3/t13?,14?,18-/m1/s1. The number of pyridine rings is 1. The summed E-state index contributed by atoms with van der Waals surface area (Å²) < 4.78 is 47.3. The minimum absolute atomic E-state index is 0.0940. The van der Waals surface area contributed by atoms with Crippen LogP contribution in [-0.4, -0.2) is 31.7 Å². The molecule has 26 heavy (non-hydrogen) atoms. The van der Waals surface area contributed by atoms with Crippen LogP contribution in [0.15, 0.2) is 41.4 Å². The van der Waals surface area contributed by atoms with E-state index in [1.165, 1.54) is 25.4 Å². The zero-order valence-electron chi connectivity index (χ0n) is 14.5. The monoisotopic (exact) mass is 380 g/mol. The molecule has 0 bridgehead atoms. The lowest BCUT2D eigenvalue weighted by Gasteiger charge is -2.38. The van der Waals surface area contributed by atoms with E-state index in [1.54, 1.807) is 25.1 Å². The highest BCUT2D eigenvalue weighted by molar-refractivity contribution is 7.89. The lowest BCUT2D eigenvalue weighted by molar-refractivity contribution is 0.0279. The number of halogens is 1. The van der Waals surface area contributed by atoms with Gasteiger partial charge in [0.05, 0.1) is 19.3 Å². The molecule has 1 aliphatic rings. The molecule has 1 aromatic heterocycles. The van der Waals surface area contributed by atoms with Crippen molar-refractivity contribution in [3.05, 3.63) is 53.5 Å². The van der Waals surface area contributed by atoms with Gasteiger partial charge in [0.2, 0.25) is 15.9 Å². The third kappa shape index (κ3) is 3.87. The maximum atomic E-state index is 14.2. The van der Waals surface area contributed by atoms with Gasteiger partial charge in [0.1, 0.15) is 10.7 Å². The number of aromatic nitrogens is 1. The van der Waals surface area contributed by atoms with Crippen LogP contribution in [0.3, 0.4) is 0 Å². The summed E-state index contributed by atoms with van der Waals surface area (Å²) in [7, 11) is -2.58. The number of sulfonamides is 1. The molecule has 1 fully saturated rings. The summed E-state index contributed by atoms with van der Waals surface area (Å²) in [6.07, 6.45) is 2.02. The fourth-order valence-corrected chi connectivity index (χ4v) is 4.44. The first-order valence-corrected chi connectivity index (χ1v) is 9.75. The lowest BCUT2D eigenvalue weighted by atomic mass is 9.76. The number of nitrogens with one attached hydrogen (secondary N) is 1. The first-order chi connectivity index (χ1) is 12.3. The molecule has 3 rings (SSSR count). The van der Waals surface area contributed by atoms with Crippen molar-refractivity contribution in [2.45, 2.75) is 36.8 Å². The van der Waals surface area contributed by atoms with Crippen LogP contribution in [0.5, 0.6) is 5.88 Å². The molecule has 6 nitrogen and oxygen atoms in total. The number of benzene rings is 1. The molecule has 0 saturated heterocycles. The van der Waals surface area contributed by atoms with Gasteiger partial charge in [0, 0.05) is 12.3 Å². The van der Waals surface area contributed by atoms with Crippen molar-refractivity contribution in [3.8, 4) is 5.88 Å². The second-order valence-corrected chi connectivity index (χ2v) is 8.23. The fourth-order valence-electron chi connectivity index (χ4n) is 3.09. The summed E-state index contributed by atoms with van der Waals surface area (Å²) in [5, 5.41) is 9.61. The molecule has 0 unspecified atom stereocenters. The van der Waals surface area contributed by atoms with Gasteiger partial charge in [-0.05, 0) is 48.9 Å². The largest absolute Gasteiger partial charge is 0.481 e. The normalized spacial score (nSPS) is 21.1. The Hall–Kier alpha value is -2.03. The SMILES string of the molecule is COc1ccc([C@@H](NS(=O)(=O)c2ccc(C)cc2F)C2CC(O)C2)cn1. The van der Waals surface area contributed by atoms with Crippen LogP contribution in [-0.2, 0) is 10.0 Å². The van der Waals surface area contributed by atoms with E-state index in [0.29, 0.717) is 29.8 Å². The molecule has 0 radical (unpaired) electrons. The van der Waals surface area contributed by atoms with Gasteiger partial charge in [-0.25, -0.2) is 22.5 Å². The minimum atomic E-state index is -4.08. The fraction of sp³-hybridized carbons (Fsp3) is 0.389. The summed E-state index contributed by atoms with van der Waals surface area (Å²) in [6.45, 7) is 1.69. The number of rotatable bonds is 6. The summed E-state index contributed by atoms with van der Waals surface area (Å²) in [4.78, 5) is 3.72. The second kappa shape index (κ2) is 7.30. The molecule has 0 aliphatic heterocycles. The van der Waals surface area contributed by atoms with Gasteiger partial charge in [0.15, 0.2) is 0 Å². The van der Waals surface area contributed by atoms with Gasteiger partial charge in [-0.15, -0.1) is 0 Å². The molecule has 1 aromatic carbocycles. The van der Waals surface area contributed by atoms with Crippen molar-refractivity contribution in [2.75, 3.05) is 7.11 Å². The predicted octanol–water partition coefficient (Wildman–Crippen LogP) is 2.33. The van der Waals surface area contributed by atoms with Crippen molar-refractivity contribution in [1.82, 2.24) is 9.71 Å². The van der Waals surface area contributed by atoms with Gasteiger partial charge in [-0.2, -0.15) is 0 Å². The maximum absolute atomic E-state index is 14.2. The number of nitrogens with zero attached hydrogens (tertiary/aromatic N) is 1. The second-order valence-electron chi connectivity index (χ2n) is 6.55. The third-order valence-electron chi connectivity index (χ3n) is 4.61. The Bertz CT molecular complexity index is 881. The highest BCUT2D eigenvalue weighted by Gasteiger charge is 2.37. The minimum Gasteiger partial charge on any atom is -0.481 e. The molecule has 0 amide bonds. The Morgan fingerprint density at radius 1 is 1.31 bits per heavy atom. The summed E-state index contributed by atoms with van der Waals surface area (Å²) in [5.41, 5.74) is 1.28. The number of ether oxygens (including phenoxy) is 1. The van der Waals surface area contributed by atoms with Gasteiger partial charge in [-0.3, -0.25) is 0 Å². The summed E-state index contributed by atoms with van der Waals surface area (Å²) in [6, 6.07) is 6.74. The number of aliphatic hydroxyl groups is 1. The zero-order valence-corrected chi connectivity index (χ0v) is 15.3. The van der Waals surface area contributed by atoms with Gasteiger partial charge in [0.25, 0.3) is 0 Å². The number of aliphatic hydroxyl groups excluding tert-OH is 1. The highest BCUT2D eigenvalue weighted by Crippen LogP contribution is 2.39. The predicted molar refractivity (Wildman–Crippen MR) is 93.7 cm³/mol. The Morgan fingerprint density at radius 2 is 2.04 bits per heavy atom. The molecule has 2 aromatic rings. The zero-order chi connectivity index (χ0) is 18.9. The molecule has 1 heterocycles. The smallest absolute Gasteiger partial charge is 0.244 e. The van der Waals surface area contributed by atoms with E-state index in [1.807, 2.05) is 0 Å². The van der Waals surface area contributed by atoms with E-state index in [4.69, 9.17) is 4.74 Å². The van der Waals surface area contributed by atoms with E-state index in [0.717, 1.165) is 0 Å². The van der Waals surface area contributed by atoms with E-state index in [-0.39, 0.29) is 5.92 Å². The summed E-state index contributed by atoms with van der Waals surface area (Å²) >= 11 is 0. The average Bonchev–Trinajstić information content (AvgIpc) is 2.57. The van der Waals surface area contributed by atoms with Crippen molar-refractivity contribution >= 4 is 10.0 Å². The molecule has 1 aliphatic carbocycles. The first kappa shape index (κ1) is 18.8. The first-order valence-electron chi connectivity index (χ1n) is 8.26. The number of aryl methyl sites for hydroxylation is 1. The van der Waals surface area contributed by atoms with Crippen LogP contribution in [0.2, 0.25) is 0 Å². The van der Waals surface area contributed by atoms with Crippen LogP contribution in [0.1, 0.15) is 30.0 Å². The topological polar surface area (TPSA) is 88.5 Å². The lowest BCUT2D eigenvalue weighted by Crippen LogP contribution is -2.41.